The Morgan fingerprint density at radius 1 is 1.17 bits per heavy atom. The van der Waals surface area contributed by atoms with E-state index < -0.39 is 28.3 Å². The molecule has 1 aromatic carbocycles. The summed E-state index contributed by atoms with van der Waals surface area (Å²) in [6.07, 6.45) is 3.71. The molecule has 2 atom stereocenters. The Kier molecular flexibility index (Phi) is 5.70. The van der Waals surface area contributed by atoms with Gasteiger partial charge in [-0.2, -0.15) is 5.10 Å². The maximum absolute atomic E-state index is 16.2. The van der Waals surface area contributed by atoms with Crippen molar-refractivity contribution in [3.05, 3.63) is 75.9 Å². The number of fused-ring (bicyclic) bond motifs is 10. The molecule has 2 aromatic heterocycles. The number of nitrogens with one attached hydrogen (secondary N) is 2. The molecule has 2 amide bonds. The van der Waals surface area contributed by atoms with E-state index in [-0.39, 0.29) is 12.5 Å². The number of aryl methyl sites for hydroxylation is 1. The molecule has 0 fully saturated rings. The number of para-hydroxylation sites is 1. The molecule has 0 saturated heterocycles. The second kappa shape index (κ2) is 8.57. The van der Waals surface area contributed by atoms with Crippen molar-refractivity contribution in [3.63, 3.8) is 0 Å². The Hall–Kier alpha value is -3.88. The zero-order valence-electron chi connectivity index (χ0n) is 25.0. The molecule has 3 aliphatic rings. The Balaban J connectivity index is 1.49. The summed E-state index contributed by atoms with van der Waals surface area (Å²) in [5, 5.41) is 7.82. The van der Waals surface area contributed by atoms with Crippen molar-refractivity contribution in [3.8, 4) is 5.69 Å². The number of allylic oxidation sites excluding steroid dienone is 2. The molecular weight excluding hydrogens is 521 g/mol. The fraction of sp³-hybridized carbons (Fsp3) is 0.469. The number of H-pyrrole nitrogens is 1. The van der Waals surface area contributed by atoms with E-state index in [2.05, 4.69) is 41.0 Å². The van der Waals surface area contributed by atoms with E-state index in [1.54, 1.807) is 44.9 Å². The van der Waals surface area contributed by atoms with E-state index in [0.29, 0.717) is 12.2 Å². The van der Waals surface area contributed by atoms with Gasteiger partial charge < -0.3 is 19.9 Å². The van der Waals surface area contributed by atoms with Gasteiger partial charge in [-0.1, -0.05) is 25.1 Å². The van der Waals surface area contributed by atoms with Crippen LogP contribution in [0, 0.1) is 0 Å². The van der Waals surface area contributed by atoms with Crippen LogP contribution in [-0.4, -0.2) is 43.8 Å². The largest absolute Gasteiger partial charge is 0.444 e. The van der Waals surface area contributed by atoms with Gasteiger partial charge in [-0.25, -0.2) is 13.9 Å². The average Bonchev–Trinajstić information content (AvgIpc) is 3.58. The third-order valence-corrected chi connectivity index (χ3v) is 8.84. The number of rotatable bonds is 3. The summed E-state index contributed by atoms with van der Waals surface area (Å²) in [5.41, 5.74) is 4.32. The lowest BCUT2D eigenvalue weighted by atomic mass is 9.62. The topological polar surface area (TPSA) is 92.3 Å². The highest BCUT2D eigenvalue weighted by molar-refractivity contribution is 5.90. The molecule has 2 unspecified atom stereocenters. The van der Waals surface area contributed by atoms with Crippen LogP contribution < -0.4 is 5.32 Å². The van der Waals surface area contributed by atoms with Crippen LogP contribution in [0.5, 0.6) is 0 Å². The second-order valence-corrected chi connectivity index (χ2v) is 13.2. The molecule has 3 aromatic rings. The molecule has 0 radical (unpaired) electrons. The van der Waals surface area contributed by atoms with E-state index in [1.165, 1.54) is 0 Å². The number of alkyl carbamates (subject to hydrolysis) is 1. The Bertz CT molecular complexity index is 1640. The first-order chi connectivity index (χ1) is 19.1. The summed E-state index contributed by atoms with van der Waals surface area (Å²) in [4.78, 5) is 30.7. The summed E-state index contributed by atoms with van der Waals surface area (Å²) in [6, 6.07) is 8.16. The maximum atomic E-state index is 16.2. The second-order valence-electron chi connectivity index (χ2n) is 13.2. The minimum absolute atomic E-state index is 0.189. The fourth-order valence-electron chi connectivity index (χ4n) is 6.98. The van der Waals surface area contributed by atoms with Gasteiger partial charge in [-0.05, 0) is 83.7 Å². The molecule has 2 N–H and O–H groups in total. The molecule has 0 bridgehead atoms. The van der Waals surface area contributed by atoms with E-state index in [9.17, 15) is 9.59 Å². The molecule has 9 heteroatoms. The normalized spacial score (nSPS) is 23.5. The summed E-state index contributed by atoms with van der Waals surface area (Å²) in [6.45, 7) is 15.3. The summed E-state index contributed by atoms with van der Waals surface area (Å²) in [7, 11) is 0. The van der Waals surface area contributed by atoms with Crippen LogP contribution in [0.4, 0.5) is 9.18 Å². The van der Waals surface area contributed by atoms with Gasteiger partial charge in [-0.3, -0.25) is 4.79 Å². The highest BCUT2D eigenvalue weighted by atomic mass is 19.1. The molecule has 1 aliphatic carbocycles. The Labute approximate surface area is 240 Å². The zero-order chi connectivity index (χ0) is 29.7. The van der Waals surface area contributed by atoms with E-state index in [1.807, 2.05) is 26.0 Å². The number of carbonyl (C=O) groups excluding carboxylic acids is 2. The van der Waals surface area contributed by atoms with Gasteiger partial charge in [-0.15, -0.1) is 0 Å². The molecular formula is C32H38FN5O3. The number of hydrogen-bond donors (Lipinski definition) is 2. The number of benzene rings is 1. The predicted molar refractivity (Wildman–Crippen MR) is 154 cm³/mol. The lowest BCUT2D eigenvalue weighted by molar-refractivity contribution is -0.135. The number of aromatic nitrogens is 3. The summed E-state index contributed by atoms with van der Waals surface area (Å²) >= 11 is 0. The van der Waals surface area contributed by atoms with Crippen LogP contribution in [0.2, 0.25) is 0 Å². The van der Waals surface area contributed by atoms with E-state index in [0.717, 1.165) is 51.3 Å². The number of halogens is 1. The number of amides is 2. The lowest BCUT2D eigenvalue weighted by Gasteiger charge is -2.44. The van der Waals surface area contributed by atoms with Gasteiger partial charge >= 0.3 is 6.09 Å². The van der Waals surface area contributed by atoms with Crippen LogP contribution in [-0.2, 0) is 39.1 Å². The van der Waals surface area contributed by atoms with Crippen LogP contribution in [0.25, 0.3) is 11.3 Å². The molecule has 41 heavy (non-hydrogen) atoms. The zero-order valence-corrected chi connectivity index (χ0v) is 25.0. The standard InChI is InChI=1S/C32H38FN5O3/c1-9-18-11-10-12-19-22-15-31(7,33)26-21(13-14-34-26)32(22,8)27-20-17-37(23(39)16-35-28(40)41-29(2,3)4)30(5,6)25(20)36-38(27)24(18)19/h10-15,34H,9,16-17H2,1-8H3,(H,35,40). The van der Waals surface area contributed by atoms with E-state index in [4.69, 9.17) is 9.84 Å². The highest BCUT2D eigenvalue weighted by Gasteiger charge is 2.55. The number of aromatic amines is 1. The number of carbonyl (C=O) groups is 2. The fourth-order valence-corrected chi connectivity index (χ4v) is 6.98. The van der Waals surface area contributed by atoms with Crippen molar-refractivity contribution in [2.75, 3.05) is 6.54 Å². The third kappa shape index (κ3) is 3.81. The number of ether oxygens (including phenoxy) is 1. The highest BCUT2D eigenvalue weighted by Crippen LogP contribution is 2.59. The van der Waals surface area contributed by atoms with Crippen molar-refractivity contribution in [2.45, 2.75) is 90.6 Å². The van der Waals surface area contributed by atoms with Crippen LogP contribution in [0.15, 0.2) is 36.5 Å². The number of alkyl halides is 1. The number of hydrogen-bond acceptors (Lipinski definition) is 4. The van der Waals surface area contributed by atoms with Crippen LogP contribution in [0.3, 0.4) is 0 Å². The molecule has 0 saturated carbocycles. The first-order valence-corrected chi connectivity index (χ1v) is 14.2. The maximum Gasteiger partial charge on any atom is 0.408 e. The van der Waals surface area contributed by atoms with Crippen LogP contribution in [0.1, 0.15) is 94.7 Å². The van der Waals surface area contributed by atoms with Crippen molar-refractivity contribution >= 4 is 17.6 Å². The van der Waals surface area contributed by atoms with Gasteiger partial charge in [0, 0.05) is 17.3 Å². The number of nitrogens with zero attached hydrogens (tertiary/aromatic N) is 3. The predicted octanol–water partition coefficient (Wildman–Crippen LogP) is 5.77. The van der Waals surface area contributed by atoms with Gasteiger partial charge in [0.1, 0.15) is 12.1 Å². The van der Waals surface area contributed by atoms with Gasteiger partial charge in [0.05, 0.1) is 40.3 Å². The average molecular weight is 560 g/mol. The first kappa shape index (κ1) is 27.3. The van der Waals surface area contributed by atoms with Crippen molar-refractivity contribution in [2.24, 2.45) is 0 Å². The monoisotopic (exact) mass is 559 g/mol. The minimum Gasteiger partial charge on any atom is -0.444 e. The molecule has 6 rings (SSSR count). The van der Waals surface area contributed by atoms with Gasteiger partial charge in [0.15, 0.2) is 5.67 Å². The smallest absolute Gasteiger partial charge is 0.408 e. The van der Waals surface area contributed by atoms with Crippen molar-refractivity contribution in [1.29, 1.82) is 0 Å². The minimum atomic E-state index is -1.67. The molecule has 2 aliphatic heterocycles. The molecule has 0 spiro atoms. The third-order valence-electron chi connectivity index (χ3n) is 8.84. The van der Waals surface area contributed by atoms with E-state index >= 15 is 4.39 Å². The quantitative estimate of drug-likeness (QED) is 0.427. The van der Waals surface area contributed by atoms with Crippen molar-refractivity contribution < 1.29 is 18.7 Å². The SMILES string of the molecule is CCc1cccc2c1-n1nc3c(c1C1(C)C2=CC(C)(F)c2[nH]ccc21)CN(C(=O)CNC(=O)OC(C)(C)C)C3(C)C. The van der Waals surface area contributed by atoms with Gasteiger partial charge in [0.25, 0.3) is 0 Å². The van der Waals surface area contributed by atoms with Crippen LogP contribution >= 0.6 is 0 Å². The molecule has 8 nitrogen and oxygen atoms in total. The summed E-state index contributed by atoms with van der Waals surface area (Å²) in [5.74, 6) is -0.230. The van der Waals surface area contributed by atoms with Gasteiger partial charge in [0.2, 0.25) is 5.91 Å². The Morgan fingerprint density at radius 3 is 2.59 bits per heavy atom. The summed E-state index contributed by atoms with van der Waals surface area (Å²) < 4.78 is 23.6. The molecule has 4 heterocycles. The molecule has 216 valence electrons. The van der Waals surface area contributed by atoms with Crippen molar-refractivity contribution in [1.82, 2.24) is 25.0 Å². The lowest BCUT2D eigenvalue weighted by Crippen LogP contribution is -2.47. The Morgan fingerprint density at radius 2 is 1.90 bits per heavy atom. The first-order valence-electron chi connectivity index (χ1n) is 14.2.